The Morgan fingerprint density at radius 3 is 3.05 bits per heavy atom. The Bertz CT molecular complexity index is 537. The molecular formula is C12H15N3O3S. The quantitative estimate of drug-likeness (QED) is 0.871. The van der Waals surface area contributed by atoms with Gasteiger partial charge < -0.3 is 9.64 Å². The van der Waals surface area contributed by atoms with Crippen molar-refractivity contribution in [3.05, 3.63) is 18.2 Å². The van der Waals surface area contributed by atoms with E-state index in [2.05, 4.69) is 10.3 Å². The van der Waals surface area contributed by atoms with E-state index >= 15 is 0 Å². The SMILES string of the molecule is COc1cccc(NC(=O)N2C[C@@H]3C[C@H]2CS3=O)n1. The monoisotopic (exact) mass is 281 g/mol. The third-order valence-corrected chi connectivity index (χ3v) is 5.33. The van der Waals surface area contributed by atoms with Crippen LogP contribution in [-0.2, 0) is 10.8 Å². The number of nitrogens with zero attached hydrogens (tertiary/aromatic N) is 2. The third kappa shape index (κ3) is 2.30. The lowest BCUT2D eigenvalue weighted by molar-refractivity contribution is 0.210. The summed E-state index contributed by atoms with van der Waals surface area (Å²) in [5.74, 6) is 1.53. The minimum absolute atomic E-state index is 0.108. The summed E-state index contributed by atoms with van der Waals surface area (Å²) in [6.45, 7) is 0.576. The van der Waals surface area contributed by atoms with Crippen LogP contribution in [0.3, 0.4) is 0 Å². The van der Waals surface area contributed by atoms with Crippen LogP contribution in [0.4, 0.5) is 10.6 Å². The number of carbonyl (C=O) groups is 1. The van der Waals surface area contributed by atoms with Crippen LogP contribution in [0.25, 0.3) is 0 Å². The first kappa shape index (κ1) is 12.4. The van der Waals surface area contributed by atoms with Crippen LogP contribution in [0.5, 0.6) is 5.88 Å². The molecule has 2 bridgehead atoms. The molecule has 1 unspecified atom stereocenters. The predicted molar refractivity (Wildman–Crippen MR) is 71.7 cm³/mol. The molecule has 2 aliphatic rings. The molecular weight excluding hydrogens is 266 g/mol. The minimum atomic E-state index is -0.757. The van der Waals surface area contributed by atoms with Gasteiger partial charge >= 0.3 is 6.03 Å². The number of hydrogen-bond donors (Lipinski definition) is 1. The van der Waals surface area contributed by atoms with E-state index in [1.165, 1.54) is 7.11 Å². The first-order valence-corrected chi connectivity index (χ1v) is 7.51. The molecule has 19 heavy (non-hydrogen) atoms. The average molecular weight is 281 g/mol. The summed E-state index contributed by atoms with van der Waals surface area (Å²) >= 11 is 0. The van der Waals surface area contributed by atoms with Crippen LogP contribution < -0.4 is 10.1 Å². The fraction of sp³-hybridized carbons (Fsp3) is 0.500. The van der Waals surface area contributed by atoms with Crippen LogP contribution in [0.1, 0.15) is 6.42 Å². The zero-order valence-electron chi connectivity index (χ0n) is 10.5. The van der Waals surface area contributed by atoms with E-state index in [0.29, 0.717) is 24.0 Å². The summed E-state index contributed by atoms with van der Waals surface area (Å²) in [5, 5.41) is 2.90. The zero-order valence-corrected chi connectivity index (χ0v) is 11.4. The largest absolute Gasteiger partial charge is 0.481 e. The Labute approximate surface area is 113 Å². The van der Waals surface area contributed by atoms with Crippen molar-refractivity contribution >= 4 is 22.6 Å². The van der Waals surface area contributed by atoms with Gasteiger partial charge in [0.05, 0.1) is 12.4 Å². The second-order valence-corrected chi connectivity index (χ2v) is 6.47. The molecule has 7 heteroatoms. The fourth-order valence-corrected chi connectivity index (χ4v) is 4.31. The van der Waals surface area contributed by atoms with Crippen molar-refractivity contribution in [2.24, 2.45) is 0 Å². The van der Waals surface area contributed by atoms with E-state index in [-0.39, 0.29) is 17.3 Å². The van der Waals surface area contributed by atoms with Gasteiger partial charge in [0.25, 0.3) is 0 Å². The Hall–Kier alpha value is -1.63. The van der Waals surface area contributed by atoms with Gasteiger partial charge in [-0.15, -0.1) is 0 Å². The molecule has 2 aliphatic heterocycles. The lowest BCUT2D eigenvalue weighted by atomic mass is 10.2. The Morgan fingerprint density at radius 2 is 2.42 bits per heavy atom. The number of hydrogen-bond acceptors (Lipinski definition) is 4. The molecule has 1 aromatic heterocycles. The number of aromatic nitrogens is 1. The number of ether oxygens (including phenoxy) is 1. The maximum absolute atomic E-state index is 12.1. The van der Waals surface area contributed by atoms with Crippen molar-refractivity contribution in [2.75, 3.05) is 24.7 Å². The van der Waals surface area contributed by atoms with E-state index in [0.717, 1.165) is 6.42 Å². The van der Waals surface area contributed by atoms with E-state index in [9.17, 15) is 9.00 Å². The second-order valence-electron chi connectivity index (χ2n) is 4.71. The topological polar surface area (TPSA) is 71.5 Å². The number of amides is 2. The number of urea groups is 1. The van der Waals surface area contributed by atoms with Crippen molar-refractivity contribution in [2.45, 2.75) is 17.7 Å². The van der Waals surface area contributed by atoms with Gasteiger partial charge in [0.15, 0.2) is 0 Å². The summed E-state index contributed by atoms with van der Waals surface area (Å²) in [6, 6.07) is 5.14. The Kier molecular flexibility index (Phi) is 3.14. The van der Waals surface area contributed by atoms with Gasteiger partial charge in [0.2, 0.25) is 5.88 Å². The molecule has 0 aliphatic carbocycles. The van der Waals surface area contributed by atoms with Crippen molar-refractivity contribution < 1.29 is 13.7 Å². The first-order chi connectivity index (χ1) is 9.17. The minimum Gasteiger partial charge on any atom is -0.481 e. The molecule has 102 valence electrons. The first-order valence-electron chi connectivity index (χ1n) is 6.13. The number of methoxy groups -OCH3 is 1. The molecule has 3 heterocycles. The average Bonchev–Trinajstić information content (AvgIpc) is 2.97. The molecule has 0 spiro atoms. The smallest absolute Gasteiger partial charge is 0.323 e. The number of rotatable bonds is 2. The molecule has 2 saturated heterocycles. The molecule has 2 amide bonds. The Morgan fingerprint density at radius 1 is 1.58 bits per heavy atom. The van der Waals surface area contributed by atoms with Gasteiger partial charge in [-0.25, -0.2) is 4.79 Å². The summed E-state index contributed by atoms with van der Waals surface area (Å²) in [4.78, 5) is 18.0. The van der Waals surface area contributed by atoms with E-state index in [1.807, 2.05) is 0 Å². The number of likely N-dealkylation sites (tertiary alicyclic amines) is 1. The highest BCUT2D eigenvalue weighted by molar-refractivity contribution is 7.86. The van der Waals surface area contributed by atoms with Gasteiger partial charge in [-0.2, -0.15) is 4.98 Å². The molecule has 1 N–H and O–H groups in total. The predicted octanol–water partition coefficient (Wildman–Crippen LogP) is 0.827. The van der Waals surface area contributed by atoms with Crippen molar-refractivity contribution in [1.82, 2.24) is 9.88 Å². The van der Waals surface area contributed by atoms with Gasteiger partial charge in [-0.3, -0.25) is 9.53 Å². The van der Waals surface area contributed by atoms with Crippen molar-refractivity contribution in [3.8, 4) is 5.88 Å². The van der Waals surface area contributed by atoms with Crippen molar-refractivity contribution in [1.29, 1.82) is 0 Å². The standard InChI is InChI=1S/C12H15N3O3S/c1-18-11-4-2-3-10(13-11)14-12(16)15-6-9-5-8(15)7-19(9)17/h2-4,8-9H,5-7H2,1H3,(H,13,14,16)/t8-,9-,19?/m0/s1. The molecule has 6 nitrogen and oxygen atoms in total. The summed E-state index contributed by atoms with van der Waals surface area (Å²) in [6.07, 6.45) is 0.853. The maximum Gasteiger partial charge on any atom is 0.323 e. The molecule has 3 rings (SSSR count). The highest BCUT2D eigenvalue weighted by Gasteiger charge is 2.45. The Balaban J connectivity index is 1.67. The fourth-order valence-electron chi connectivity index (χ4n) is 2.58. The summed E-state index contributed by atoms with van der Waals surface area (Å²) in [5.41, 5.74) is 0. The van der Waals surface area contributed by atoms with E-state index in [4.69, 9.17) is 4.74 Å². The van der Waals surface area contributed by atoms with Gasteiger partial charge in [0.1, 0.15) is 5.82 Å². The highest BCUT2D eigenvalue weighted by Crippen LogP contribution is 2.30. The lowest BCUT2D eigenvalue weighted by Crippen LogP contribution is -2.44. The third-order valence-electron chi connectivity index (χ3n) is 3.53. The van der Waals surface area contributed by atoms with Crippen LogP contribution in [0.15, 0.2) is 18.2 Å². The highest BCUT2D eigenvalue weighted by atomic mass is 32.2. The van der Waals surface area contributed by atoms with E-state index < -0.39 is 10.8 Å². The number of fused-ring (bicyclic) bond motifs is 2. The lowest BCUT2D eigenvalue weighted by Gasteiger charge is -2.26. The number of carbonyl (C=O) groups excluding carboxylic acids is 1. The maximum atomic E-state index is 12.1. The van der Waals surface area contributed by atoms with Crippen LogP contribution in [0.2, 0.25) is 0 Å². The van der Waals surface area contributed by atoms with Crippen LogP contribution in [-0.4, -0.2) is 50.8 Å². The molecule has 0 radical (unpaired) electrons. The molecule has 2 fully saturated rings. The number of pyridine rings is 1. The van der Waals surface area contributed by atoms with E-state index in [1.54, 1.807) is 23.1 Å². The number of nitrogens with one attached hydrogen (secondary N) is 1. The normalized spacial score (nSPS) is 28.5. The molecule has 1 aromatic rings. The van der Waals surface area contributed by atoms with Crippen molar-refractivity contribution in [3.63, 3.8) is 0 Å². The van der Waals surface area contributed by atoms with Gasteiger partial charge in [-0.05, 0) is 12.5 Å². The zero-order chi connectivity index (χ0) is 13.4. The molecule has 3 atom stereocenters. The van der Waals surface area contributed by atoms with Gasteiger partial charge in [0, 0.05) is 35.2 Å². The summed E-state index contributed by atoms with van der Waals surface area (Å²) < 4.78 is 16.6. The summed E-state index contributed by atoms with van der Waals surface area (Å²) in [7, 11) is 0.773. The van der Waals surface area contributed by atoms with Crippen LogP contribution >= 0.6 is 0 Å². The molecule has 0 aromatic carbocycles. The molecule has 0 saturated carbocycles. The second kappa shape index (κ2) is 4.80. The van der Waals surface area contributed by atoms with Crippen LogP contribution in [0, 0.1) is 0 Å². The number of anilines is 1. The van der Waals surface area contributed by atoms with Gasteiger partial charge in [-0.1, -0.05) is 6.07 Å².